The topological polar surface area (TPSA) is 57.6 Å². The van der Waals surface area contributed by atoms with E-state index in [1.807, 2.05) is 0 Å². The van der Waals surface area contributed by atoms with Crippen molar-refractivity contribution in [1.82, 2.24) is 4.90 Å². The van der Waals surface area contributed by atoms with Gasteiger partial charge in [-0.15, -0.1) is 0 Å². The van der Waals surface area contributed by atoms with Crippen molar-refractivity contribution in [3.8, 4) is 0 Å². The van der Waals surface area contributed by atoms with E-state index < -0.39 is 11.9 Å². The van der Waals surface area contributed by atoms with Gasteiger partial charge in [-0.3, -0.25) is 9.59 Å². The van der Waals surface area contributed by atoms with Crippen LogP contribution in [0.3, 0.4) is 0 Å². The minimum atomic E-state index is -0.893. The number of likely N-dealkylation sites (tertiary alicyclic amines) is 1. The first-order valence-electron chi connectivity index (χ1n) is 7.83. The summed E-state index contributed by atoms with van der Waals surface area (Å²) in [6.07, 6.45) is 3.98. The molecule has 1 aliphatic carbocycles. The fraction of sp³-hybridized carbons (Fsp3) is 0.529. The van der Waals surface area contributed by atoms with Gasteiger partial charge in [0.05, 0.1) is 5.92 Å². The van der Waals surface area contributed by atoms with E-state index in [9.17, 15) is 19.1 Å². The Morgan fingerprint density at radius 2 is 1.73 bits per heavy atom. The molecule has 1 aliphatic heterocycles. The molecule has 2 aliphatic rings. The van der Waals surface area contributed by atoms with Crippen LogP contribution in [0.1, 0.15) is 37.2 Å². The molecule has 2 atom stereocenters. The van der Waals surface area contributed by atoms with Crippen molar-refractivity contribution in [3.63, 3.8) is 0 Å². The van der Waals surface area contributed by atoms with Crippen molar-refractivity contribution in [2.45, 2.75) is 31.6 Å². The Morgan fingerprint density at radius 3 is 2.32 bits per heavy atom. The Kier molecular flexibility index (Phi) is 4.14. The van der Waals surface area contributed by atoms with Gasteiger partial charge in [0.25, 0.3) is 0 Å². The van der Waals surface area contributed by atoms with Crippen molar-refractivity contribution >= 4 is 11.9 Å². The maximum absolute atomic E-state index is 13.1. The molecule has 1 saturated heterocycles. The second-order valence-electron chi connectivity index (χ2n) is 6.33. The van der Waals surface area contributed by atoms with Crippen LogP contribution in [0.25, 0.3) is 0 Å². The summed E-state index contributed by atoms with van der Waals surface area (Å²) in [6, 6.07) is 5.93. The monoisotopic (exact) mass is 305 g/mol. The van der Waals surface area contributed by atoms with Gasteiger partial charge in [-0.2, -0.15) is 0 Å². The number of benzene rings is 1. The van der Waals surface area contributed by atoms with Crippen LogP contribution < -0.4 is 0 Å². The van der Waals surface area contributed by atoms with Crippen LogP contribution in [-0.2, 0) is 9.59 Å². The molecule has 1 heterocycles. The molecular formula is C17H20FNO3. The van der Waals surface area contributed by atoms with Crippen molar-refractivity contribution in [2.75, 3.05) is 13.1 Å². The van der Waals surface area contributed by atoms with Crippen LogP contribution in [-0.4, -0.2) is 35.0 Å². The van der Waals surface area contributed by atoms with Crippen LogP contribution in [0.15, 0.2) is 24.3 Å². The number of aliphatic carboxylic acids is 1. The first-order chi connectivity index (χ1) is 10.6. The van der Waals surface area contributed by atoms with Crippen LogP contribution in [0.5, 0.6) is 0 Å². The van der Waals surface area contributed by atoms with Gasteiger partial charge in [-0.1, -0.05) is 25.0 Å². The summed E-state index contributed by atoms with van der Waals surface area (Å²) in [7, 11) is 0. The molecule has 2 fully saturated rings. The Balaban J connectivity index is 1.78. The summed E-state index contributed by atoms with van der Waals surface area (Å²) >= 11 is 0. The molecule has 0 aromatic heterocycles. The molecule has 1 aromatic carbocycles. The number of nitrogens with zero attached hydrogens (tertiary/aromatic N) is 1. The summed E-state index contributed by atoms with van der Waals surface area (Å²) in [5.41, 5.74) is 0.788. The lowest BCUT2D eigenvalue weighted by Gasteiger charge is -2.20. The van der Waals surface area contributed by atoms with Crippen molar-refractivity contribution in [2.24, 2.45) is 11.8 Å². The summed E-state index contributed by atoms with van der Waals surface area (Å²) in [5.74, 6) is -1.96. The van der Waals surface area contributed by atoms with E-state index in [-0.39, 0.29) is 30.1 Å². The summed E-state index contributed by atoms with van der Waals surface area (Å²) in [5, 5.41) is 9.45. The maximum atomic E-state index is 13.1. The van der Waals surface area contributed by atoms with Gasteiger partial charge in [0.2, 0.25) is 5.91 Å². The number of carbonyl (C=O) groups is 2. The highest BCUT2D eigenvalue weighted by molar-refractivity contribution is 5.81. The lowest BCUT2D eigenvalue weighted by Crippen LogP contribution is -2.34. The normalized spacial score (nSPS) is 25.6. The highest BCUT2D eigenvalue weighted by Crippen LogP contribution is 2.35. The molecule has 3 rings (SSSR count). The third-order valence-corrected chi connectivity index (χ3v) is 4.95. The summed E-state index contributed by atoms with van der Waals surface area (Å²) in [4.78, 5) is 25.7. The Hall–Kier alpha value is -1.91. The second kappa shape index (κ2) is 6.07. The SMILES string of the molecule is O=C(O)C1CN(C(=O)C2CCCC2)CC1c1ccc(F)cc1. The van der Waals surface area contributed by atoms with Crippen LogP contribution in [0.2, 0.25) is 0 Å². The molecule has 4 nitrogen and oxygen atoms in total. The van der Waals surface area contributed by atoms with Gasteiger partial charge in [0.15, 0.2) is 0 Å². The van der Waals surface area contributed by atoms with Crippen molar-refractivity contribution in [1.29, 1.82) is 0 Å². The number of rotatable bonds is 3. The van der Waals surface area contributed by atoms with E-state index in [0.29, 0.717) is 6.54 Å². The molecule has 118 valence electrons. The molecule has 1 amide bonds. The fourth-order valence-electron chi connectivity index (χ4n) is 3.71. The van der Waals surface area contributed by atoms with E-state index in [1.165, 1.54) is 12.1 Å². The molecule has 5 heteroatoms. The highest BCUT2D eigenvalue weighted by Gasteiger charge is 2.42. The number of hydrogen-bond donors (Lipinski definition) is 1. The van der Waals surface area contributed by atoms with Gasteiger partial charge >= 0.3 is 5.97 Å². The Labute approximate surface area is 128 Å². The van der Waals surface area contributed by atoms with Gasteiger partial charge in [-0.05, 0) is 30.5 Å². The molecule has 1 saturated carbocycles. The summed E-state index contributed by atoms with van der Waals surface area (Å²) in [6.45, 7) is 0.671. The highest BCUT2D eigenvalue weighted by atomic mass is 19.1. The zero-order valence-electron chi connectivity index (χ0n) is 12.4. The number of halogens is 1. The summed E-state index contributed by atoms with van der Waals surface area (Å²) < 4.78 is 13.1. The van der Waals surface area contributed by atoms with E-state index >= 15 is 0 Å². The third kappa shape index (κ3) is 2.85. The molecule has 0 radical (unpaired) electrons. The number of carboxylic acids is 1. The Bertz CT molecular complexity index is 566. The van der Waals surface area contributed by atoms with Crippen molar-refractivity contribution in [3.05, 3.63) is 35.6 Å². The average molecular weight is 305 g/mol. The minimum absolute atomic E-state index is 0.0569. The first kappa shape index (κ1) is 15.0. The predicted octanol–water partition coefficient (Wildman–Crippen LogP) is 2.64. The number of carbonyl (C=O) groups excluding carboxylic acids is 1. The predicted molar refractivity (Wildman–Crippen MR) is 78.8 cm³/mol. The van der Waals surface area contributed by atoms with Crippen LogP contribution in [0.4, 0.5) is 4.39 Å². The second-order valence-corrected chi connectivity index (χ2v) is 6.33. The van der Waals surface area contributed by atoms with E-state index in [4.69, 9.17) is 0 Å². The maximum Gasteiger partial charge on any atom is 0.308 e. The zero-order valence-corrected chi connectivity index (χ0v) is 12.4. The third-order valence-electron chi connectivity index (χ3n) is 4.95. The number of hydrogen-bond acceptors (Lipinski definition) is 2. The molecule has 0 bridgehead atoms. The lowest BCUT2D eigenvalue weighted by atomic mass is 9.89. The minimum Gasteiger partial charge on any atom is -0.481 e. The van der Waals surface area contributed by atoms with Crippen LogP contribution in [0, 0.1) is 17.7 Å². The molecular weight excluding hydrogens is 285 g/mol. The van der Waals surface area contributed by atoms with Gasteiger partial charge < -0.3 is 10.0 Å². The Morgan fingerprint density at radius 1 is 1.09 bits per heavy atom. The van der Waals surface area contributed by atoms with Crippen LogP contribution >= 0.6 is 0 Å². The van der Waals surface area contributed by atoms with Gasteiger partial charge in [0, 0.05) is 24.9 Å². The van der Waals surface area contributed by atoms with Crippen molar-refractivity contribution < 1.29 is 19.1 Å². The van der Waals surface area contributed by atoms with Gasteiger partial charge in [0.1, 0.15) is 5.82 Å². The quantitative estimate of drug-likeness (QED) is 0.934. The largest absolute Gasteiger partial charge is 0.481 e. The zero-order chi connectivity index (χ0) is 15.7. The van der Waals surface area contributed by atoms with E-state index in [0.717, 1.165) is 31.2 Å². The van der Waals surface area contributed by atoms with Gasteiger partial charge in [-0.25, -0.2) is 4.39 Å². The van der Waals surface area contributed by atoms with E-state index in [2.05, 4.69) is 0 Å². The smallest absolute Gasteiger partial charge is 0.308 e. The molecule has 1 N–H and O–H groups in total. The molecule has 0 spiro atoms. The standard InChI is InChI=1S/C17H20FNO3/c18-13-7-5-11(6-8-13)14-9-19(10-15(14)17(21)22)16(20)12-3-1-2-4-12/h5-8,12,14-15H,1-4,9-10H2,(H,21,22). The molecule has 1 aromatic rings. The average Bonchev–Trinajstić information content (AvgIpc) is 3.17. The van der Waals surface area contributed by atoms with E-state index in [1.54, 1.807) is 17.0 Å². The fourth-order valence-corrected chi connectivity index (χ4v) is 3.71. The first-order valence-corrected chi connectivity index (χ1v) is 7.83. The number of carboxylic acid groups (broad SMARTS) is 1. The lowest BCUT2D eigenvalue weighted by molar-refractivity contribution is -0.142. The molecule has 2 unspecified atom stereocenters. The molecule has 22 heavy (non-hydrogen) atoms. The number of amides is 1.